The lowest BCUT2D eigenvalue weighted by molar-refractivity contribution is 1.13. The molecule has 1 aromatic heterocycles. The second-order valence-corrected chi connectivity index (χ2v) is 5.23. The van der Waals surface area contributed by atoms with Crippen LogP contribution in [0.2, 0.25) is 5.15 Å². The summed E-state index contributed by atoms with van der Waals surface area (Å²) in [5.74, 6) is 0.684. The van der Waals surface area contributed by atoms with Gasteiger partial charge in [0.1, 0.15) is 5.15 Å². The van der Waals surface area contributed by atoms with E-state index in [1.807, 2.05) is 24.3 Å². The number of hydrogen-bond donors (Lipinski definition) is 0. The Kier molecular flexibility index (Phi) is 3.41. The first-order valence-electron chi connectivity index (χ1n) is 6.71. The summed E-state index contributed by atoms with van der Waals surface area (Å²) in [5.41, 5.74) is 4.35. The molecule has 0 radical (unpaired) electrons. The fourth-order valence-electron chi connectivity index (χ4n) is 2.29. The maximum atomic E-state index is 6.32. The quantitative estimate of drug-likeness (QED) is 0.630. The van der Waals surface area contributed by atoms with Crippen LogP contribution >= 0.6 is 11.6 Å². The normalized spacial score (nSPS) is 10.9. The van der Waals surface area contributed by atoms with E-state index in [1.165, 1.54) is 11.1 Å². The summed E-state index contributed by atoms with van der Waals surface area (Å²) >= 11 is 6.32. The lowest BCUT2D eigenvalue weighted by Gasteiger charge is -2.08. The van der Waals surface area contributed by atoms with Gasteiger partial charge in [-0.25, -0.2) is 9.97 Å². The Morgan fingerprint density at radius 3 is 2.45 bits per heavy atom. The average molecular weight is 283 g/mol. The zero-order valence-corrected chi connectivity index (χ0v) is 12.3. The summed E-state index contributed by atoms with van der Waals surface area (Å²) in [6, 6.07) is 14.2. The van der Waals surface area contributed by atoms with E-state index in [0.29, 0.717) is 11.0 Å². The highest BCUT2D eigenvalue weighted by Crippen LogP contribution is 2.27. The molecule has 0 atom stereocenters. The van der Waals surface area contributed by atoms with Crippen LogP contribution in [-0.2, 0) is 6.42 Å². The maximum absolute atomic E-state index is 6.32. The standard InChI is InChI=1S/C17H15ClN2/c1-3-12-5-4-6-14-15(12)19-17(20-16(14)18)13-9-7-11(2)8-10-13/h4-10H,3H2,1-2H3. The first-order chi connectivity index (χ1) is 9.69. The van der Waals surface area contributed by atoms with Gasteiger partial charge in [0.15, 0.2) is 5.82 Å². The molecule has 100 valence electrons. The maximum Gasteiger partial charge on any atom is 0.161 e. The van der Waals surface area contributed by atoms with Gasteiger partial charge in [0.25, 0.3) is 0 Å². The largest absolute Gasteiger partial charge is 0.228 e. The van der Waals surface area contributed by atoms with E-state index >= 15 is 0 Å². The molecule has 0 N–H and O–H groups in total. The number of halogens is 1. The molecule has 0 saturated heterocycles. The van der Waals surface area contributed by atoms with Crippen molar-refractivity contribution < 1.29 is 0 Å². The van der Waals surface area contributed by atoms with Crippen molar-refractivity contribution in [2.24, 2.45) is 0 Å². The van der Waals surface area contributed by atoms with Crippen LogP contribution in [0.4, 0.5) is 0 Å². The summed E-state index contributed by atoms with van der Waals surface area (Å²) in [7, 11) is 0. The number of aryl methyl sites for hydroxylation is 2. The zero-order chi connectivity index (χ0) is 14.1. The lowest BCUT2D eigenvalue weighted by Crippen LogP contribution is -1.95. The van der Waals surface area contributed by atoms with Crippen LogP contribution in [0.25, 0.3) is 22.3 Å². The van der Waals surface area contributed by atoms with Crippen LogP contribution in [0.1, 0.15) is 18.1 Å². The predicted molar refractivity (Wildman–Crippen MR) is 84.1 cm³/mol. The molecule has 0 unspecified atom stereocenters. The summed E-state index contributed by atoms with van der Waals surface area (Å²) in [4.78, 5) is 9.14. The molecule has 2 aromatic carbocycles. The predicted octanol–water partition coefficient (Wildman–Crippen LogP) is 4.82. The smallest absolute Gasteiger partial charge is 0.161 e. The molecule has 0 aliphatic rings. The van der Waals surface area contributed by atoms with E-state index in [1.54, 1.807) is 0 Å². The van der Waals surface area contributed by atoms with Crippen LogP contribution in [0.5, 0.6) is 0 Å². The van der Waals surface area contributed by atoms with Gasteiger partial charge in [-0.2, -0.15) is 0 Å². The third-order valence-corrected chi connectivity index (χ3v) is 3.74. The van der Waals surface area contributed by atoms with Gasteiger partial charge in [-0.3, -0.25) is 0 Å². The van der Waals surface area contributed by atoms with Gasteiger partial charge in [-0.05, 0) is 25.0 Å². The molecular weight excluding hydrogens is 268 g/mol. The van der Waals surface area contributed by atoms with Crippen molar-refractivity contribution in [3.8, 4) is 11.4 Å². The Morgan fingerprint density at radius 1 is 1.00 bits per heavy atom. The summed E-state index contributed by atoms with van der Waals surface area (Å²) in [5, 5.41) is 1.43. The van der Waals surface area contributed by atoms with Gasteiger partial charge in [-0.1, -0.05) is 60.5 Å². The Labute approximate surface area is 123 Å². The van der Waals surface area contributed by atoms with Crippen molar-refractivity contribution in [3.63, 3.8) is 0 Å². The summed E-state index contributed by atoms with van der Waals surface area (Å²) in [6.07, 6.45) is 0.929. The molecule has 20 heavy (non-hydrogen) atoms. The van der Waals surface area contributed by atoms with Crippen LogP contribution in [0.3, 0.4) is 0 Å². The van der Waals surface area contributed by atoms with Crippen molar-refractivity contribution >= 4 is 22.5 Å². The van der Waals surface area contributed by atoms with Crippen LogP contribution < -0.4 is 0 Å². The molecule has 3 heteroatoms. The van der Waals surface area contributed by atoms with Crippen molar-refractivity contribution in [3.05, 3.63) is 58.7 Å². The first-order valence-corrected chi connectivity index (χ1v) is 7.09. The van der Waals surface area contributed by atoms with Crippen LogP contribution in [-0.4, -0.2) is 9.97 Å². The summed E-state index contributed by atoms with van der Waals surface area (Å²) in [6.45, 7) is 4.18. The van der Waals surface area contributed by atoms with Gasteiger partial charge in [0.2, 0.25) is 0 Å². The van der Waals surface area contributed by atoms with Gasteiger partial charge in [0, 0.05) is 10.9 Å². The molecule has 0 bridgehead atoms. The molecule has 3 rings (SSSR count). The Bertz CT molecular complexity index is 764. The number of hydrogen-bond acceptors (Lipinski definition) is 2. The molecule has 0 aliphatic heterocycles. The molecule has 0 fully saturated rings. The molecule has 0 amide bonds. The minimum absolute atomic E-state index is 0.515. The van der Waals surface area contributed by atoms with Crippen molar-refractivity contribution in [2.45, 2.75) is 20.3 Å². The van der Waals surface area contributed by atoms with Crippen molar-refractivity contribution in [2.75, 3.05) is 0 Å². The highest BCUT2D eigenvalue weighted by Gasteiger charge is 2.10. The average Bonchev–Trinajstić information content (AvgIpc) is 2.47. The van der Waals surface area contributed by atoms with Crippen LogP contribution in [0.15, 0.2) is 42.5 Å². The number of fused-ring (bicyclic) bond motifs is 1. The van der Waals surface area contributed by atoms with Crippen LogP contribution in [0, 0.1) is 6.92 Å². The number of aromatic nitrogens is 2. The number of rotatable bonds is 2. The Balaban J connectivity index is 2.25. The summed E-state index contributed by atoms with van der Waals surface area (Å²) < 4.78 is 0. The second kappa shape index (κ2) is 5.22. The zero-order valence-electron chi connectivity index (χ0n) is 11.5. The molecular formula is C17H15ClN2. The lowest BCUT2D eigenvalue weighted by atomic mass is 10.1. The van der Waals surface area contributed by atoms with E-state index in [9.17, 15) is 0 Å². The third kappa shape index (κ3) is 2.27. The van der Waals surface area contributed by atoms with E-state index in [4.69, 9.17) is 16.6 Å². The number of benzene rings is 2. The Hall–Kier alpha value is -1.93. The number of nitrogens with zero attached hydrogens (tertiary/aromatic N) is 2. The van der Waals surface area contributed by atoms with Gasteiger partial charge < -0.3 is 0 Å². The third-order valence-electron chi connectivity index (χ3n) is 3.45. The topological polar surface area (TPSA) is 25.8 Å². The van der Waals surface area contributed by atoms with E-state index < -0.39 is 0 Å². The minimum atomic E-state index is 0.515. The highest BCUT2D eigenvalue weighted by molar-refractivity contribution is 6.34. The van der Waals surface area contributed by atoms with Crippen molar-refractivity contribution in [1.29, 1.82) is 0 Å². The van der Waals surface area contributed by atoms with E-state index in [0.717, 1.165) is 22.9 Å². The van der Waals surface area contributed by atoms with E-state index in [-0.39, 0.29) is 0 Å². The molecule has 0 aliphatic carbocycles. The number of para-hydroxylation sites is 1. The molecule has 2 nitrogen and oxygen atoms in total. The van der Waals surface area contributed by atoms with Gasteiger partial charge in [-0.15, -0.1) is 0 Å². The monoisotopic (exact) mass is 282 g/mol. The fraction of sp³-hybridized carbons (Fsp3) is 0.176. The van der Waals surface area contributed by atoms with Gasteiger partial charge >= 0.3 is 0 Å². The second-order valence-electron chi connectivity index (χ2n) is 4.87. The molecule has 0 saturated carbocycles. The van der Waals surface area contributed by atoms with Crippen molar-refractivity contribution in [1.82, 2.24) is 9.97 Å². The van der Waals surface area contributed by atoms with Gasteiger partial charge in [0.05, 0.1) is 5.52 Å². The highest BCUT2D eigenvalue weighted by atomic mass is 35.5. The Morgan fingerprint density at radius 2 is 1.75 bits per heavy atom. The van der Waals surface area contributed by atoms with E-state index in [2.05, 4.69) is 37.0 Å². The fourth-order valence-corrected chi connectivity index (χ4v) is 2.52. The molecule has 0 spiro atoms. The minimum Gasteiger partial charge on any atom is -0.228 e. The first kappa shape index (κ1) is 13.1. The molecule has 1 heterocycles. The SMILES string of the molecule is CCc1cccc2c(Cl)nc(-c3ccc(C)cc3)nc12. The molecule has 3 aromatic rings.